The first-order chi connectivity index (χ1) is 17.5. The molecule has 0 amide bonds. The molecule has 0 fully saturated rings. The maximum atomic E-state index is 11.5. The Morgan fingerprint density at radius 3 is 1.19 bits per heavy atom. The molecule has 0 aliphatic carbocycles. The minimum absolute atomic E-state index is 0.130. The zero-order valence-electron chi connectivity index (χ0n) is 22.4. The highest BCUT2D eigenvalue weighted by Crippen LogP contribution is 2.15. The lowest BCUT2D eigenvalue weighted by Gasteiger charge is -2.18. The zero-order valence-corrected chi connectivity index (χ0v) is 22.4. The molecule has 11 nitrogen and oxygen atoms in total. The molecule has 4 N–H and O–H groups in total. The largest absolute Gasteiger partial charge is 0.481 e. The summed E-state index contributed by atoms with van der Waals surface area (Å²) in [5.74, 6) is -5.60. The predicted molar refractivity (Wildman–Crippen MR) is 135 cm³/mol. The summed E-state index contributed by atoms with van der Waals surface area (Å²) < 4.78 is 10.3. The van der Waals surface area contributed by atoms with Gasteiger partial charge in [-0.2, -0.15) is 0 Å². The van der Waals surface area contributed by atoms with Crippen LogP contribution >= 0.6 is 0 Å². The second-order valence-corrected chi connectivity index (χ2v) is 8.95. The van der Waals surface area contributed by atoms with Crippen molar-refractivity contribution in [3.63, 3.8) is 0 Å². The highest BCUT2D eigenvalue weighted by Gasteiger charge is 2.40. The lowest BCUT2D eigenvalue weighted by molar-refractivity contribution is -0.170. The van der Waals surface area contributed by atoms with Crippen molar-refractivity contribution in [2.24, 2.45) is 0 Å². The number of carboxylic acid groups (broad SMARTS) is 3. The van der Waals surface area contributed by atoms with Crippen LogP contribution in [0.4, 0.5) is 0 Å². The Bertz CT molecular complexity index is 615. The standard InChI is InChI=1S/C20H38O4.C6H8O7/c1-3-5-7-9-11-13-17-23-19(21)15-16-20(22)24-18-14-12-10-8-6-4-2;7-3(8)1-6(13,5(11)12)2-4(9)10/h3-18H2,1-2H3;13H,1-2H2,(H,7,8)(H,9,10)(H,11,12). The number of hydrogen-bond acceptors (Lipinski definition) is 8. The van der Waals surface area contributed by atoms with Crippen LogP contribution in [0, 0.1) is 0 Å². The number of carboxylic acids is 3. The van der Waals surface area contributed by atoms with E-state index in [1.54, 1.807) is 0 Å². The van der Waals surface area contributed by atoms with Crippen LogP contribution in [0.2, 0.25) is 0 Å². The van der Waals surface area contributed by atoms with Crippen LogP contribution in [0.1, 0.15) is 117 Å². The van der Waals surface area contributed by atoms with Crippen LogP contribution in [0.15, 0.2) is 0 Å². The van der Waals surface area contributed by atoms with Crippen LogP contribution in [0.3, 0.4) is 0 Å². The molecular formula is C26H46O11. The van der Waals surface area contributed by atoms with Gasteiger partial charge in [0.05, 0.1) is 38.9 Å². The fourth-order valence-electron chi connectivity index (χ4n) is 3.20. The number of aliphatic carboxylic acids is 3. The lowest BCUT2D eigenvalue weighted by atomic mass is 9.96. The van der Waals surface area contributed by atoms with E-state index < -0.39 is 36.4 Å². The molecule has 0 spiro atoms. The summed E-state index contributed by atoms with van der Waals surface area (Å²) in [5.41, 5.74) is -2.74. The number of carbonyl (C=O) groups excluding carboxylic acids is 2. The topological polar surface area (TPSA) is 185 Å². The van der Waals surface area contributed by atoms with Gasteiger partial charge in [0, 0.05) is 0 Å². The molecule has 0 aliphatic rings. The third-order valence-corrected chi connectivity index (χ3v) is 5.34. The van der Waals surface area contributed by atoms with E-state index in [-0.39, 0.29) is 24.8 Å². The fraction of sp³-hybridized carbons (Fsp3) is 0.808. The van der Waals surface area contributed by atoms with Gasteiger partial charge in [-0.25, -0.2) is 4.79 Å². The number of hydrogen-bond donors (Lipinski definition) is 4. The molecule has 0 rings (SSSR count). The average Bonchev–Trinajstić information content (AvgIpc) is 2.81. The molecule has 0 unspecified atom stereocenters. The van der Waals surface area contributed by atoms with E-state index in [9.17, 15) is 24.0 Å². The number of carbonyl (C=O) groups is 5. The molecule has 0 atom stereocenters. The molecule has 11 heteroatoms. The molecule has 0 aromatic rings. The Kier molecular flexibility index (Phi) is 23.4. The van der Waals surface area contributed by atoms with Gasteiger partial charge >= 0.3 is 29.8 Å². The van der Waals surface area contributed by atoms with Crippen molar-refractivity contribution in [1.29, 1.82) is 0 Å². The van der Waals surface area contributed by atoms with Crippen molar-refractivity contribution in [2.45, 2.75) is 122 Å². The van der Waals surface area contributed by atoms with Crippen LogP contribution in [0.5, 0.6) is 0 Å². The quantitative estimate of drug-likeness (QED) is 0.114. The molecule has 0 saturated carbocycles. The van der Waals surface area contributed by atoms with Crippen molar-refractivity contribution in [3.05, 3.63) is 0 Å². The van der Waals surface area contributed by atoms with Crippen molar-refractivity contribution in [2.75, 3.05) is 13.2 Å². The van der Waals surface area contributed by atoms with E-state index in [0.29, 0.717) is 13.2 Å². The third kappa shape index (κ3) is 24.8. The summed E-state index contributed by atoms with van der Waals surface area (Å²) in [6.07, 6.45) is 12.0. The summed E-state index contributed by atoms with van der Waals surface area (Å²) in [5, 5.41) is 33.8. The molecule has 0 bridgehead atoms. The summed E-state index contributed by atoms with van der Waals surface area (Å²) in [4.78, 5) is 53.5. The van der Waals surface area contributed by atoms with Gasteiger partial charge in [0.15, 0.2) is 5.60 Å². The minimum atomic E-state index is -2.74. The number of rotatable bonds is 22. The lowest BCUT2D eigenvalue weighted by Crippen LogP contribution is -2.42. The Hall–Kier alpha value is -2.69. The summed E-state index contributed by atoms with van der Waals surface area (Å²) >= 11 is 0. The Morgan fingerprint density at radius 2 is 0.892 bits per heavy atom. The van der Waals surface area contributed by atoms with Crippen LogP contribution in [0.25, 0.3) is 0 Å². The SMILES string of the molecule is CCCCCCCCOC(=O)CCC(=O)OCCCCCCCC.O=C(O)CC(O)(CC(=O)O)C(=O)O. The normalized spacial score (nSPS) is 10.7. The van der Waals surface area contributed by atoms with Crippen molar-refractivity contribution >= 4 is 29.8 Å². The Morgan fingerprint density at radius 1 is 0.568 bits per heavy atom. The Labute approximate surface area is 219 Å². The molecule has 216 valence electrons. The van der Waals surface area contributed by atoms with E-state index in [1.807, 2.05) is 0 Å². The van der Waals surface area contributed by atoms with Crippen molar-refractivity contribution < 1.29 is 53.9 Å². The van der Waals surface area contributed by atoms with E-state index >= 15 is 0 Å². The monoisotopic (exact) mass is 534 g/mol. The van der Waals surface area contributed by atoms with Crippen LogP contribution in [-0.2, 0) is 33.4 Å². The predicted octanol–water partition coefficient (Wildman–Crippen LogP) is 4.33. The second-order valence-electron chi connectivity index (χ2n) is 8.95. The number of ether oxygens (including phenoxy) is 2. The number of unbranched alkanes of at least 4 members (excludes halogenated alkanes) is 10. The van der Waals surface area contributed by atoms with Gasteiger partial charge in [-0.05, 0) is 12.8 Å². The highest BCUT2D eigenvalue weighted by molar-refractivity contribution is 5.88. The second kappa shape index (κ2) is 23.7. The fourth-order valence-corrected chi connectivity index (χ4v) is 3.20. The molecule has 37 heavy (non-hydrogen) atoms. The molecule has 0 heterocycles. The van der Waals surface area contributed by atoms with Crippen LogP contribution < -0.4 is 0 Å². The third-order valence-electron chi connectivity index (χ3n) is 5.34. The molecule has 0 aromatic carbocycles. The molecule has 0 radical (unpaired) electrons. The first-order valence-corrected chi connectivity index (χ1v) is 13.2. The van der Waals surface area contributed by atoms with Crippen molar-refractivity contribution in [1.82, 2.24) is 0 Å². The maximum absolute atomic E-state index is 11.5. The Balaban J connectivity index is 0. The van der Waals surface area contributed by atoms with Gasteiger partial charge in [-0.15, -0.1) is 0 Å². The smallest absolute Gasteiger partial charge is 0.336 e. The molecule has 0 aliphatic heterocycles. The average molecular weight is 535 g/mol. The first-order valence-electron chi connectivity index (χ1n) is 13.2. The van der Waals surface area contributed by atoms with E-state index in [0.717, 1.165) is 25.7 Å². The van der Waals surface area contributed by atoms with Gasteiger partial charge in [0.2, 0.25) is 0 Å². The van der Waals surface area contributed by atoms with Gasteiger partial charge in [-0.3, -0.25) is 19.2 Å². The molecular weight excluding hydrogens is 488 g/mol. The van der Waals surface area contributed by atoms with Gasteiger partial charge < -0.3 is 29.9 Å². The van der Waals surface area contributed by atoms with Gasteiger partial charge in [0.25, 0.3) is 0 Å². The van der Waals surface area contributed by atoms with Crippen LogP contribution in [-0.4, -0.2) is 69.1 Å². The first kappa shape index (κ1) is 36.5. The minimum Gasteiger partial charge on any atom is -0.481 e. The molecule has 0 aromatic heterocycles. The van der Waals surface area contributed by atoms with E-state index in [2.05, 4.69) is 13.8 Å². The van der Waals surface area contributed by atoms with E-state index in [1.165, 1.54) is 51.4 Å². The summed E-state index contributed by atoms with van der Waals surface area (Å²) in [7, 11) is 0. The van der Waals surface area contributed by atoms with Crippen molar-refractivity contribution in [3.8, 4) is 0 Å². The number of esters is 2. The van der Waals surface area contributed by atoms with E-state index in [4.69, 9.17) is 29.9 Å². The molecule has 0 saturated heterocycles. The summed E-state index contributed by atoms with van der Waals surface area (Å²) in [6.45, 7) is 5.33. The maximum Gasteiger partial charge on any atom is 0.336 e. The van der Waals surface area contributed by atoms with Gasteiger partial charge in [0.1, 0.15) is 0 Å². The highest BCUT2D eigenvalue weighted by atomic mass is 16.5. The number of aliphatic hydroxyl groups is 1. The summed E-state index contributed by atoms with van der Waals surface area (Å²) in [6, 6.07) is 0. The van der Waals surface area contributed by atoms with Gasteiger partial charge in [-0.1, -0.05) is 78.1 Å². The zero-order chi connectivity index (χ0) is 28.5.